The zero-order chi connectivity index (χ0) is 10.9. The summed E-state index contributed by atoms with van der Waals surface area (Å²) in [5.41, 5.74) is 0.495. The molecule has 1 fully saturated rings. The van der Waals surface area contributed by atoms with Gasteiger partial charge in [0.25, 0.3) is 5.69 Å². The van der Waals surface area contributed by atoms with E-state index in [1.165, 1.54) is 6.07 Å². The van der Waals surface area contributed by atoms with Crippen LogP contribution >= 0.6 is 0 Å². The molecule has 0 spiro atoms. The fourth-order valence-corrected chi connectivity index (χ4v) is 1.69. The number of hydrogen-bond acceptors (Lipinski definition) is 4. The van der Waals surface area contributed by atoms with Crippen LogP contribution in [0.1, 0.15) is 12.5 Å². The highest BCUT2D eigenvalue weighted by molar-refractivity contribution is 5.42. The summed E-state index contributed by atoms with van der Waals surface area (Å²) >= 11 is 0. The van der Waals surface area contributed by atoms with E-state index in [4.69, 9.17) is 9.47 Å². The Morgan fingerprint density at radius 2 is 1.93 bits per heavy atom. The van der Waals surface area contributed by atoms with Gasteiger partial charge in [-0.15, -0.1) is 0 Å². The van der Waals surface area contributed by atoms with Gasteiger partial charge in [-0.2, -0.15) is 0 Å². The van der Waals surface area contributed by atoms with E-state index in [0.29, 0.717) is 18.8 Å². The van der Waals surface area contributed by atoms with Gasteiger partial charge in [0.05, 0.1) is 23.7 Å². The second kappa shape index (κ2) is 3.60. The van der Waals surface area contributed by atoms with E-state index >= 15 is 0 Å². The number of nitro groups is 1. The highest BCUT2D eigenvalue weighted by Crippen LogP contribution is 2.36. The van der Waals surface area contributed by atoms with E-state index < -0.39 is 10.7 Å². The lowest BCUT2D eigenvalue weighted by Gasteiger charge is -2.22. The molecule has 1 heterocycles. The topological polar surface area (TPSA) is 61.6 Å². The third-order valence-corrected chi connectivity index (χ3v) is 2.43. The third-order valence-electron chi connectivity index (χ3n) is 2.43. The predicted octanol–water partition coefficient (Wildman–Crippen LogP) is 1.81. The molecule has 5 heteroatoms. The van der Waals surface area contributed by atoms with Crippen LogP contribution in [0.3, 0.4) is 0 Å². The molecule has 1 saturated heterocycles. The van der Waals surface area contributed by atoms with Crippen molar-refractivity contribution in [2.45, 2.75) is 12.7 Å². The lowest BCUT2D eigenvalue weighted by molar-refractivity contribution is -0.387. The molecule has 0 N–H and O–H groups in total. The number of para-hydroxylation sites is 1. The summed E-state index contributed by atoms with van der Waals surface area (Å²) in [6.07, 6.45) is 0. The SMILES string of the molecule is CC1(c2ccccc2[N+](=O)[O-])OCCO1. The van der Waals surface area contributed by atoms with E-state index in [0.717, 1.165) is 0 Å². The van der Waals surface area contributed by atoms with Crippen molar-refractivity contribution >= 4 is 5.69 Å². The Balaban J connectivity index is 2.47. The average Bonchev–Trinajstić information content (AvgIpc) is 2.66. The standard InChI is InChI=1S/C10H11NO4/c1-10(14-6-7-15-10)8-4-2-3-5-9(8)11(12)13/h2-5H,6-7H2,1H3. The van der Waals surface area contributed by atoms with Crippen molar-refractivity contribution in [3.8, 4) is 0 Å². The van der Waals surface area contributed by atoms with Gasteiger partial charge in [0.1, 0.15) is 0 Å². The lowest BCUT2D eigenvalue weighted by atomic mass is 10.1. The molecule has 0 radical (unpaired) electrons. The Hall–Kier alpha value is -1.46. The Morgan fingerprint density at radius 1 is 1.33 bits per heavy atom. The number of benzene rings is 1. The summed E-state index contributed by atoms with van der Waals surface area (Å²) in [6, 6.07) is 6.47. The smallest absolute Gasteiger partial charge is 0.277 e. The van der Waals surface area contributed by atoms with Gasteiger partial charge in [0.15, 0.2) is 5.79 Å². The minimum absolute atomic E-state index is 0.0295. The molecule has 0 atom stereocenters. The first-order valence-corrected chi connectivity index (χ1v) is 4.65. The fourth-order valence-electron chi connectivity index (χ4n) is 1.69. The Bertz CT molecular complexity index is 385. The van der Waals surface area contributed by atoms with Crippen molar-refractivity contribution in [3.63, 3.8) is 0 Å². The van der Waals surface area contributed by atoms with E-state index in [9.17, 15) is 10.1 Å². The molecule has 1 aromatic carbocycles. The summed E-state index contributed by atoms with van der Waals surface area (Å²) in [4.78, 5) is 10.4. The molecule has 2 rings (SSSR count). The van der Waals surface area contributed by atoms with Crippen molar-refractivity contribution in [3.05, 3.63) is 39.9 Å². The quantitative estimate of drug-likeness (QED) is 0.550. The van der Waals surface area contributed by atoms with Gasteiger partial charge in [-0.1, -0.05) is 12.1 Å². The van der Waals surface area contributed by atoms with Crippen molar-refractivity contribution in [1.82, 2.24) is 0 Å². The van der Waals surface area contributed by atoms with Crippen molar-refractivity contribution in [2.75, 3.05) is 13.2 Å². The fraction of sp³-hybridized carbons (Fsp3) is 0.400. The van der Waals surface area contributed by atoms with Crippen LogP contribution in [0.15, 0.2) is 24.3 Å². The summed E-state index contributed by atoms with van der Waals surface area (Å²) in [7, 11) is 0. The molecule has 80 valence electrons. The lowest BCUT2D eigenvalue weighted by Crippen LogP contribution is -2.23. The monoisotopic (exact) mass is 209 g/mol. The highest BCUT2D eigenvalue weighted by Gasteiger charge is 2.38. The van der Waals surface area contributed by atoms with E-state index in [1.54, 1.807) is 25.1 Å². The third kappa shape index (κ3) is 1.71. The maximum Gasteiger partial charge on any atom is 0.277 e. The molecule has 15 heavy (non-hydrogen) atoms. The van der Waals surface area contributed by atoms with Gasteiger partial charge < -0.3 is 9.47 Å². The Labute approximate surface area is 86.8 Å². The number of nitrogens with zero attached hydrogens (tertiary/aromatic N) is 1. The van der Waals surface area contributed by atoms with Gasteiger partial charge >= 0.3 is 0 Å². The van der Waals surface area contributed by atoms with Crippen molar-refractivity contribution in [2.24, 2.45) is 0 Å². The number of rotatable bonds is 2. The normalized spacial score (nSPS) is 19.0. The first-order valence-electron chi connectivity index (χ1n) is 4.65. The molecule has 0 saturated carbocycles. The molecule has 0 aromatic heterocycles. The number of ether oxygens (including phenoxy) is 2. The molecule has 0 aliphatic carbocycles. The minimum Gasteiger partial charge on any atom is -0.343 e. The summed E-state index contributed by atoms with van der Waals surface area (Å²) < 4.78 is 10.8. The van der Waals surface area contributed by atoms with Crippen molar-refractivity contribution in [1.29, 1.82) is 0 Å². The second-order valence-corrected chi connectivity index (χ2v) is 3.42. The summed E-state index contributed by atoms with van der Waals surface area (Å²) in [5, 5.41) is 10.8. The Kier molecular flexibility index (Phi) is 2.42. The molecule has 1 aromatic rings. The molecular formula is C10H11NO4. The maximum absolute atomic E-state index is 10.8. The second-order valence-electron chi connectivity index (χ2n) is 3.42. The van der Waals surface area contributed by atoms with Gasteiger partial charge in [-0.05, 0) is 13.0 Å². The average molecular weight is 209 g/mol. The van der Waals surface area contributed by atoms with Gasteiger partial charge in [-0.25, -0.2) is 0 Å². The molecule has 1 aliphatic rings. The van der Waals surface area contributed by atoms with Crippen molar-refractivity contribution < 1.29 is 14.4 Å². The summed E-state index contributed by atoms with van der Waals surface area (Å²) in [5.74, 6) is -0.982. The van der Waals surface area contributed by atoms with Gasteiger partial charge in [0.2, 0.25) is 0 Å². The first-order chi connectivity index (χ1) is 7.13. The van der Waals surface area contributed by atoms with Crippen LogP contribution < -0.4 is 0 Å². The highest BCUT2D eigenvalue weighted by atomic mass is 16.7. The van der Waals surface area contributed by atoms with E-state index in [1.807, 2.05) is 0 Å². The van der Waals surface area contributed by atoms with Crippen LogP contribution in [0.4, 0.5) is 5.69 Å². The van der Waals surface area contributed by atoms with Crippen LogP contribution in [-0.2, 0) is 15.3 Å². The van der Waals surface area contributed by atoms with E-state index in [-0.39, 0.29) is 5.69 Å². The molecular weight excluding hydrogens is 198 g/mol. The molecule has 0 unspecified atom stereocenters. The predicted molar refractivity (Wildman–Crippen MR) is 52.4 cm³/mol. The summed E-state index contributed by atoms with van der Waals surface area (Å²) in [6.45, 7) is 2.62. The molecule has 0 amide bonds. The van der Waals surface area contributed by atoms with E-state index in [2.05, 4.69) is 0 Å². The molecule has 5 nitrogen and oxygen atoms in total. The molecule has 0 bridgehead atoms. The largest absolute Gasteiger partial charge is 0.343 e. The number of hydrogen-bond donors (Lipinski definition) is 0. The van der Waals surface area contributed by atoms with Crippen LogP contribution in [-0.4, -0.2) is 18.1 Å². The zero-order valence-electron chi connectivity index (χ0n) is 8.30. The molecule has 1 aliphatic heterocycles. The van der Waals surface area contributed by atoms with Crippen LogP contribution in [0.5, 0.6) is 0 Å². The maximum atomic E-state index is 10.8. The van der Waals surface area contributed by atoms with Crippen LogP contribution in [0.2, 0.25) is 0 Å². The zero-order valence-corrected chi connectivity index (χ0v) is 8.30. The minimum atomic E-state index is -0.982. The van der Waals surface area contributed by atoms with Crippen LogP contribution in [0, 0.1) is 10.1 Å². The number of nitro benzene ring substituents is 1. The Morgan fingerprint density at radius 3 is 2.53 bits per heavy atom. The first kappa shape index (κ1) is 10.1. The van der Waals surface area contributed by atoms with Gasteiger partial charge in [-0.3, -0.25) is 10.1 Å². The van der Waals surface area contributed by atoms with Crippen LogP contribution in [0.25, 0.3) is 0 Å². The van der Waals surface area contributed by atoms with Gasteiger partial charge in [0, 0.05) is 6.07 Å².